The predicted octanol–water partition coefficient (Wildman–Crippen LogP) is 3.38. The molecule has 0 aliphatic heterocycles. The third-order valence-electron chi connectivity index (χ3n) is 2.66. The summed E-state index contributed by atoms with van der Waals surface area (Å²) in [5.41, 5.74) is -1.51. The predicted molar refractivity (Wildman–Crippen MR) is 65.1 cm³/mol. The first kappa shape index (κ1) is 12.5. The maximum Gasteiger partial charge on any atom is 0.131 e. The van der Waals surface area contributed by atoms with Gasteiger partial charge in [0.25, 0.3) is 0 Å². The molecular weight excluding hydrogens is 256 g/mol. The summed E-state index contributed by atoms with van der Waals surface area (Å²) in [5, 5.41) is 9.93. The fourth-order valence-corrected chi connectivity index (χ4v) is 1.19. The summed E-state index contributed by atoms with van der Waals surface area (Å²) in [6, 6.07) is 7.57. The van der Waals surface area contributed by atoms with Gasteiger partial charge in [0.2, 0.25) is 0 Å². The second-order valence-electron chi connectivity index (χ2n) is 4.63. The zero-order valence-corrected chi connectivity index (χ0v) is 11.1. The smallest absolute Gasteiger partial charge is 0.131 e. The second-order valence-corrected chi connectivity index (χ2v) is 5.54. The van der Waals surface area contributed by atoms with Crippen LogP contribution >= 0.6 is 15.9 Å². The Bertz CT molecular complexity index is 322. The molecule has 1 aromatic carbocycles. The molecule has 0 atom stereocenters. The van der Waals surface area contributed by atoms with E-state index in [1.165, 1.54) is 0 Å². The SMILES string of the molecule is CC(C)(O)C(C)(C)Oc1ccc(Br)cc1. The lowest BCUT2D eigenvalue weighted by Gasteiger charge is -2.37. The van der Waals surface area contributed by atoms with Crippen LogP contribution in [0.4, 0.5) is 0 Å². The number of hydrogen-bond acceptors (Lipinski definition) is 2. The highest BCUT2D eigenvalue weighted by molar-refractivity contribution is 9.10. The quantitative estimate of drug-likeness (QED) is 0.914. The van der Waals surface area contributed by atoms with Crippen LogP contribution in [0.25, 0.3) is 0 Å². The van der Waals surface area contributed by atoms with E-state index in [2.05, 4.69) is 15.9 Å². The number of ether oxygens (including phenoxy) is 1. The molecule has 0 aromatic heterocycles. The monoisotopic (exact) mass is 272 g/mol. The van der Waals surface area contributed by atoms with E-state index in [1.54, 1.807) is 13.8 Å². The molecule has 0 saturated heterocycles. The van der Waals surface area contributed by atoms with Crippen LogP contribution in [0.15, 0.2) is 28.7 Å². The summed E-state index contributed by atoms with van der Waals surface area (Å²) in [7, 11) is 0. The second kappa shape index (κ2) is 4.14. The highest BCUT2D eigenvalue weighted by Crippen LogP contribution is 2.28. The van der Waals surface area contributed by atoms with Crippen LogP contribution in [-0.4, -0.2) is 16.3 Å². The molecule has 0 amide bonds. The Hall–Kier alpha value is -0.540. The summed E-state index contributed by atoms with van der Waals surface area (Å²) in [6.45, 7) is 7.22. The zero-order chi connectivity index (χ0) is 11.7. The molecule has 0 aliphatic rings. The Morgan fingerprint density at radius 3 is 1.93 bits per heavy atom. The first-order valence-electron chi connectivity index (χ1n) is 4.89. The molecule has 0 fully saturated rings. The summed E-state index contributed by atoms with van der Waals surface area (Å²) in [5.74, 6) is 0.755. The lowest BCUT2D eigenvalue weighted by atomic mass is 9.89. The molecule has 0 radical (unpaired) electrons. The van der Waals surface area contributed by atoms with Crippen molar-refractivity contribution >= 4 is 15.9 Å². The molecule has 15 heavy (non-hydrogen) atoms. The topological polar surface area (TPSA) is 29.5 Å². The van der Waals surface area contributed by atoms with E-state index in [0.29, 0.717) is 0 Å². The van der Waals surface area contributed by atoms with E-state index in [4.69, 9.17) is 4.74 Å². The molecule has 84 valence electrons. The average molecular weight is 273 g/mol. The van der Waals surface area contributed by atoms with Crippen molar-refractivity contribution in [1.82, 2.24) is 0 Å². The number of hydrogen-bond donors (Lipinski definition) is 1. The van der Waals surface area contributed by atoms with Gasteiger partial charge in [-0.1, -0.05) is 15.9 Å². The normalized spacial score (nSPS) is 12.7. The molecular formula is C12H17BrO2. The standard InChI is InChI=1S/C12H17BrO2/c1-11(2,14)12(3,4)15-10-7-5-9(13)6-8-10/h5-8,14H,1-4H3. The Morgan fingerprint density at radius 2 is 1.53 bits per heavy atom. The molecule has 0 saturated carbocycles. The van der Waals surface area contributed by atoms with Crippen molar-refractivity contribution in [2.45, 2.75) is 38.9 Å². The molecule has 0 spiro atoms. The minimum Gasteiger partial charge on any atom is -0.485 e. The molecule has 3 heteroatoms. The highest BCUT2D eigenvalue weighted by atomic mass is 79.9. The van der Waals surface area contributed by atoms with Crippen molar-refractivity contribution in [3.05, 3.63) is 28.7 Å². The third-order valence-corrected chi connectivity index (χ3v) is 3.19. The van der Waals surface area contributed by atoms with Gasteiger partial charge in [-0.25, -0.2) is 0 Å². The fourth-order valence-electron chi connectivity index (χ4n) is 0.922. The van der Waals surface area contributed by atoms with E-state index in [1.807, 2.05) is 38.1 Å². The summed E-state index contributed by atoms with van der Waals surface area (Å²) in [6.07, 6.45) is 0. The highest BCUT2D eigenvalue weighted by Gasteiger charge is 2.37. The number of benzene rings is 1. The van der Waals surface area contributed by atoms with Crippen LogP contribution < -0.4 is 4.74 Å². The maximum atomic E-state index is 9.93. The van der Waals surface area contributed by atoms with E-state index in [0.717, 1.165) is 10.2 Å². The summed E-state index contributed by atoms with van der Waals surface area (Å²) >= 11 is 3.36. The molecule has 1 rings (SSSR count). The van der Waals surface area contributed by atoms with E-state index < -0.39 is 11.2 Å². The molecule has 0 bridgehead atoms. The van der Waals surface area contributed by atoms with Crippen LogP contribution in [0.2, 0.25) is 0 Å². The molecule has 2 nitrogen and oxygen atoms in total. The Balaban J connectivity index is 2.82. The first-order chi connectivity index (χ1) is 6.72. The molecule has 0 heterocycles. The van der Waals surface area contributed by atoms with E-state index in [9.17, 15) is 5.11 Å². The van der Waals surface area contributed by atoms with Gasteiger partial charge in [0, 0.05) is 4.47 Å². The Labute approximate surface area is 99.4 Å². The maximum absolute atomic E-state index is 9.93. The van der Waals surface area contributed by atoms with Crippen molar-refractivity contribution in [3.8, 4) is 5.75 Å². The largest absolute Gasteiger partial charge is 0.485 e. The molecule has 1 aromatic rings. The van der Waals surface area contributed by atoms with Gasteiger partial charge in [-0.05, 0) is 52.0 Å². The number of aliphatic hydroxyl groups is 1. The number of halogens is 1. The number of rotatable bonds is 3. The lowest BCUT2D eigenvalue weighted by molar-refractivity contribution is -0.0906. The van der Waals surface area contributed by atoms with Gasteiger partial charge in [-0.15, -0.1) is 0 Å². The van der Waals surface area contributed by atoms with E-state index >= 15 is 0 Å². The van der Waals surface area contributed by atoms with Crippen LogP contribution in [0, 0.1) is 0 Å². The lowest BCUT2D eigenvalue weighted by Crippen LogP contribution is -2.49. The van der Waals surface area contributed by atoms with Gasteiger partial charge in [-0.3, -0.25) is 0 Å². The molecule has 1 N–H and O–H groups in total. The molecule has 0 aliphatic carbocycles. The van der Waals surface area contributed by atoms with Gasteiger partial charge in [0.05, 0.1) is 5.60 Å². The minimum absolute atomic E-state index is 0.624. The average Bonchev–Trinajstić information content (AvgIpc) is 2.06. The zero-order valence-electron chi connectivity index (χ0n) is 9.54. The van der Waals surface area contributed by atoms with Gasteiger partial charge in [0.15, 0.2) is 0 Å². The first-order valence-corrected chi connectivity index (χ1v) is 5.69. The van der Waals surface area contributed by atoms with Crippen LogP contribution in [0.1, 0.15) is 27.7 Å². The third kappa shape index (κ3) is 3.21. The Kier molecular flexibility index (Phi) is 3.46. The fraction of sp³-hybridized carbons (Fsp3) is 0.500. The van der Waals surface area contributed by atoms with Crippen LogP contribution in [-0.2, 0) is 0 Å². The van der Waals surface area contributed by atoms with Gasteiger partial charge >= 0.3 is 0 Å². The summed E-state index contributed by atoms with van der Waals surface area (Å²) < 4.78 is 6.76. The van der Waals surface area contributed by atoms with Crippen molar-refractivity contribution in [2.24, 2.45) is 0 Å². The van der Waals surface area contributed by atoms with Crippen molar-refractivity contribution in [2.75, 3.05) is 0 Å². The van der Waals surface area contributed by atoms with Crippen molar-refractivity contribution < 1.29 is 9.84 Å². The van der Waals surface area contributed by atoms with Gasteiger partial charge in [0.1, 0.15) is 11.4 Å². The van der Waals surface area contributed by atoms with Crippen LogP contribution in [0.5, 0.6) is 5.75 Å². The minimum atomic E-state index is -0.889. The summed E-state index contributed by atoms with van der Waals surface area (Å²) in [4.78, 5) is 0. The Morgan fingerprint density at radius 1 is 1.07 bits per heavy atom. The molecule has 0 unspecified atom stereocenters. The van der Waals surface area contributed by atoms with Gasteiger partial charge < -0.3 is 9.84 Å². The van der Waals surface area contributed by atoms with Crippen LogP contribution in [0.3, 0.4) is 0 Å². The van der Waals surface area contributed by atoms with Crippen molar-refractivity contribution in [1.29, 1.82) is 0 Å². The van der Waals surface area contributed by atoms with Gasteiger partial charge in [-0.2, -0.15) is 0 Å². The van der Waals surface area contributed by atoms with E-state index in [-0.39, 0.29) is 0 Å². The van der Waals surface area contributed by atoms with Crippen molar-refractivity contribution in [3.63, 3.8) is 0 Å².